The third-order valence-electron chi connectivity index (χ3n) is 0.690. The van der Waals surface area contributed by atoms with Gasteiger partial charge in [-0.1, -0.05) is 0 Å². The second-order valence-electron chi connectivity index (χ2n) is 1.62. The van der Waals surface area contributed by atoms with Crippen LogP contribution >= 0.6 is 15.9 Å². The third-order valence-corrected chi connectivity index (χ3v) is 1.04. The van der Waals surface area contributed by atoms with E-state index in [-0.39, 0.29) is 0 Å². The van der Waals surface area contributed by atoms with Gasteiger partial charge in [-0.2, -0.15) is 26.3 Å². The van der Waals surface area contributed by atoms with Crippen LogP contribution in [0, 0.1) is 0 Å². The lowest BCUT2D eigenvalue weighted by Crippen LogP contribution is -2.16. The minimum atomic E-state index is -5.73. The second kappa shape index (κ2) is 3.23. The minimum absolute atomic E-state index is 1.23. The van der Waals surface area contributed by atoms with E-state index < -0.39 is 22.7 Å². The molecular weight excluding hydrogens is 261 g/mol. The molecular formula is C4BrF7. The largest absolute Gasteiger partial charge is 0.445 e. The third kappa shape index (κ3) is 3.00. The zero-order valence-electron chi connectivity index (χ0n) is 5.02. The maximum absolute atomic E-state index is 11.8. The Hall–Kier alpha value is -0.270. The molecule has 8 heteroatoms. The maximum atomic E-state index is 11.8. The predicted molar refractivity (Wildman–Crippen MR) is 29.2 cm³/mol. The Morgan fingerprint density at radius 1 is 0.833 bits per heavy atom. The van der Waals surface area contributed by atoms with E-state index in [2.05, 4.69) is 0 Å². The normalized spacial score (nSPS) is 16.0. The first-order valence-corrected chi connectivity index (χ1v) is 3.05. The molecule has 12 heavy (non-hydrogen) atoms. The summed E-state index contributed by atoms with van der Waals surface area (Å²) in [5.41, 5.74) is 0. The van der Waals surface area contributed by atoms with Crippen LogP contribution in [-0.4, -0.2) is 11.0 Å². The number of hydrogen-bond acceptors (Lipinski definition) is 0. The van der Waals surface area contributed by atoms with Crippen LogP contribution in [-0.2, 0) is 0 Å². The van der Waals surface area contributed by atoms with Crippen molar-refractivity contribution in [1.29, 1.82) is 0 Å². The van der Waals surface area contributed by atoms with Crippen molar-refractivity contribution in [2.75, 3.05) is 0 Å². The summed E-state index contributed by atoms with van der Waals surface area (Å²) >= 11 is 1.23. The lowest BCUT2D eigenvalue weighted by Gasteiger charge is -2.08. The second-order valence-corrected chi connectivity index (χ2v) is 2.62. The molecule has 0 saturated heterocycles. The van der Waals surface area contributed by atoms with E-state index in [1.165, 1.54) is 15.9 Å². The monoisotopic (exact) mass is 260 g/mol. The first-order chi connectivity index (χ1) is 5.07. The molecule has 0 fully saturated rings. The molecule has 72 valence electrons. The predicted octanol–water partition coefficient (Wildman–Crippen LogP) is 3.69. The van der Waals surface area contributed by atoms with Crippen LogP contribution in [0.15, 0.2) is 11.7 Å². The Labute approximate surface area is 70.2 Å². The van der Waals surface area contributed by atoms with Gasteiger partial charge in [0.05, 0.1) is 0 Å². The smallest absolute Gasteiger partial charge is 0.201 e. The molecule has 0 saturated carbocycles. The zero-order chi connectivity index (χ0) is 10.2. The van der Waals surface area contributed by atoms with Crippen molar-refractivity contribution in [3.05, 3.63) is 11.7 Å². The summed E-state index contributed by atoms with van der Waals surface area (Å²) in [4.78, 5) is -4.63. The molecule has 0 bridgehead atoms. The van der Waals surface area contributed by atoms with Crippen molar-refractivity contribution < 1.29 is 30.7 Å². The molecule has 0 rings (SSSR count). The fourth-order valence-electron chi connectivity index (χ4n) is 0.249. The van der Waals surface area contributed by atoms with Crippen LogP contribution in [0.3, 0.4) is 0 Å². The van der Waals surface area contributed by atoms with E-state index in [0.717, 1.165) is 0 Å². The average molecular weight is 261 g/mol. The van der Waals surface area contributed by atoms with Crippen LogP contribution in [0.5, 0.6) is 0 Å². The maximum Gasteiger partial charge on any atom is 0.445 e. The number of halogens is 8. The van der Waals surface area contributed by atoms with Gasteiger partial charge in [0.2, 0.25) is 11.7 Å². The van der Waals surface area contributed by atoms with E-state index >= 15 is 0 Å². The lowest BCUT2D eigenvalue weighted by molar-refractivity contribution is -0.113. The molecule has 0 unspecified atom stereocenters. The highest BCUT2D eigenvalue weighted by Gasteiger charge is 2.45. The quantitative estimate of drug-likeness (QED) is 0.498. The highest BCUT2D eigenvalue weighted by molar-refractivity contribution is 9.10. The van der Waals surface area contributed by atoms with Crippen molar-refractivity contribution >= 4 is 15.9 Å². The van der Waals surface area contributed by atoms with Crippen molar-refractivity contribution in [1.82, 2.24) is 0 Å². The van der Waals surface area contributed by atoms with Gasteiger partial charge < -0.3 is 0 Å². The summed E-state index contributed by atoms with van der Waals surface area (Å²) in [7, 11) is 0. The molecule has 0 aliphatic rings. The summed E-state index contributed by atoms with van der Waals surface area (Å²) in [6.45, 7) is 0. The van der Waals surface area contributed by atoms with Crippen LogP contribution in [0.4, 0.5) is 30.7 Å². The summed E-state index contributed by atoms with van der Waals surface area (Å²) < 4.78 is 80.3. The lowest BCUT2D eigenvalue weighted by atomic mass is 10.4. The molecule has 0 N–H and O–H groups in total. The Balaban J connectivity index is 4.96. The van der Waals surface area contributed by atoms with E-state index in [4.69, 9.17) is 0 Å². The molecule has 0 aromatic heterocycles. The van der Waals surface area contributed by atoms with Gasteiger partial charge in [0.1, 0.15) is 0 Å². The van der Waals surface area contributed by atoms with Gasteiger partial charge in [-0.3, -0.25) is 0 Å². The Morgan fingerprint density at radius 2 is 1.17 bits per heavy atom. The number of alkyl halides is 6. The van der Waals surface area contributed by atoms with Gasteiger partial charge in [-0.15, -0.1) is 0 Å². The van der Waals surface area contributed by atoms with Crippen molar-refractivity contribution in [3.63, 3.8) is 0 Å². The van der Waals surface area contributed by atoms with Gasteiger partial charge in [-0.05, 0) is 15.9 Å². The van der Waals surface area contributed by atoms with Gasteiger partial charge in [0.25, 0.3) is 0 Å². The summed E-state index contributed by atoms with van der Waals surface area (Å²) in [6, 6.07) is 0. The molecule has 0 spiro atoms. The molecule has 0 amide bonds. The van der Waals surface area contributed by atoms with Gasteiger partial charge in [0, 0.05) is 0 Å². The number of rotatable bonds is 1. The van der Waals surface area contributed by atoms with Crippen LogP contribution in [0.1, 0.15) is 0 Å². The highest BCUT2D eigenvalue weighted by Crippen LogP contribution is 2.39. The first kappa shape index (κ1) is 11.7. The number of allylic oxidation sites excluding steroid dienone is 2. The van der Waals surface area contributed by atoms with E-state index in [0.29, 0.717) is 0 Å². The van der Waals surface area contributed by atoms with Crippen LogP contribution in [0.25, 0.3) is 0 Å². The molecule has 0 radical (unpaired) electrons. The molecule has 0 aliphatic heterocycles. The Kier molecular flexibility index (Phi) is 3.16. The minimum Gasteiger partial charge on any atom is -0.201 e. The highest BCUT2D eigenvalue weighted by atomic mass is 79.9. The summed E-state index contributed by atoms with van der Waals surface area (Å²) in [5, 5.41) is 0. The molecule has 0 aliphatic carbocycles. The van der Waals surface area contributed by atoms with Gasteiger partial charge in [-0.25, -0.2) is 4.39 Å². The van der Waals surface area contributed by atoms with E-state index in [1.807, 2.05) is 0 Å². The van der Waals surface area contributed by atoms with Crippen LogP contribution < -0.4 is 0 Å². The molecule has 0 nitrogen and oxygen atoms in total. The van der Waals surface area contributed by atoms with Crippen molar-refractivity contribution in [2.24, 2.45) is 0 Å². The molecule has 0 atom stereocenters. The molecule has 0 aromatic carbocycles. The standard InChI is InChI=1S/C4BrF7/c5-3(8,9)1(6)2(7)4(10,11)12/b2-1+. The molecule has 0 heterocycles. The van der Waals surface area contributed by atoms with E-state index in [1.54, 1.807) is 0 Å². The number of hydrogen-bond donors (Lipinski definition) is 0. The topological polar surface area (TPSA) is 0 Å². The summed E-state index contributed by atoms with van der Waals surface area (Å²) in [5.74, 6) is -6.63. The molecule has 0 aromatic rings. The Morgan fingerprint density at radius 3 is 1.25 bits per heavy atom. The average Bonchev–Trinajstić information content (AvgIpc) is 1.80. The SMILES string of the molecule is F/C(=C(/F)C(F)(F)Br)C(F)(F)F. The van der Waals surface area contributed by atoms with E-state index in [9.17, 15) is 30.7 Å². The van der Waals surface area contributed by atoms with Gasteiger partial charge >= 0.3 is 11.0 Å². The van der Waals surface area contributed by atoms with Crippen molar-refractivity contribution in [3.8, 4) is 0 Å². The first-order valence-electron chi connectivity index (χ1n) is 2.26. The zero-order valence-corrected chi connectivity index (χ0v) is 6.61. The fraction of sp³-hybridized carbons (Fsp3) is 0.500. The summed E-state index contributed by atoms with van der Waals surface area (Å²) in [6.07, 6.45) is -5.73. The fourth-order valence-corrected chi connectivity index (χ4v) is 0.423. The Bertz CT molecular complexity index is 174. The van der Waals surface area contributed by atoms with Crippen molar-refractivity contribution in [2.45, 2.75) is 11.0 Å². The van der Waals surface area contributed by atoms with Gasteiger partial charge in [0.15, 0.2) is 0 Å². The van der Waals surface area contributed by atoms with Crippen LogP contribution in [0.2, 0.25) is 0 Å².